The van der Waals surface area contributed by atoms with Crippen LogP contribution >= 0.6 is 0 Å². The first-order chi connectivity index (χ1) is 17.2. The van der Waals surface area contributed by atoms with Crippen molar-refractivity contribution >= 4 is 29.0 Å². The zero-order valence-electron chi connectivity index (χ0n) is 20.7. The van der Waals surface area contributed by atoms with Gasteiger partial charge in [0.1, 0.15) is 17.2 Å². The number of nitrogens with zero attached hydrogens (tertiary/aromatic N) is 2. The van der Waals surface area contributed by atoms with Crippen LogP contribution in [0.3, 0.4) is 0 Å². The minimum Gasteiger partial charge on any atom is -0.386 e. The van der Waals surface area contributed by atoms with Crippen molar-refractivity contribution in [1.29, 1.82) is 0 Å². The number of hydrogen-bond donors (Lipinski definition) is 5. The van der Waals surface area contributed by atoms with Crippen LogP contribution in [0.15, 0.2) is 42.6 Å². The van der Waals surface area contributed by atoms with Crippen molar-refractivity contribution in [2.24, 2.45) is 0 Å². The Labute approximate surface area is 209 Å². The first-order valence-electron chi connectivity index (χ1n) is 12.2. The molecule has 2 heterocycles. The van der Waals surface area contributed by atoms with E-state index in [1.165, 1.54) is 62.2 Å². The lowest BCUT2D eigenvalue weighted by Crippen LogP contribution is -2.33. The van der Waals surface area contributed by atoms with Crippen LogP contribution in [0.4, 0.5) is 27.5 Å². The molecule has 1 aromatic heterocycles. The van der Waals surface area contributed by atoms with E-state index in [0.717, 1.165) is 18.8 Å². The van der Waals surface area contributed by atoms with Crippen LogP contribution in [0, 0.1) is 5.82 Å². The molecule has 9 heteroatoms. The highest BCUT2D eigenvalue weighted by atomic mass is 19.1. The lowest BCUT2D eigenvalue weighted by Gasteiger charge is -2.26. The third-order valence-electron chi connectivity index (χ3n) is 6.82. The summed E-state index contributed by atoms with van der Waals surface area (Å²) >= 11 is 0. The molecule has 0 radical (unpaired) electrons. The molecule has 2 aliphatic rings. The van der Waals surface area contributed by atoms with Crippen molar-refractivity contribution < 1.29 is 14.3 Å². The molecule has 1 amide bonds. The Balaban J connectivity index is 1.45. The van der Waals surface area contributed by atoms with Gasteiger partial charge in [0.15, 0.2) is 0 Å². The number of aliphatic hydroxyl groups is 1. The van der Waals surface area contributed by atoms with E-state index < -0.39 is 11.4 Å². The smallest absolute Gasteiger partial charge is 0.256 e. The van der Waals surface area contributed by atoms with Gasteiger partial charge in [-0.1, -0.05) is 6.07 Å². The average molecular weight is 491 g/mol. The number of nitrogens with one attached hydrogen (secondary N) is 4. The topological polar surface area (TPSA) is 111 Å². The third-order valence-corrected chi connectivity index (χ3v) is 6.82. The molecule has 1 aliphatic carbocycles. The highest BCUT2D eigenvalue weighted by molar-refractivity contribution is 5.99. The highest BCUT2D eigenvalue weighted by Gasteiger charge is 2.46. The van der Waals surface area contributed by atoms with Gasteiger partial charge in [0, 0.05) is 48.2 Å². The molecule has 2 aromatic carbocycles. The SMILES string of the molecule is CCNC(=O)c1cnc(Nc2ccc3c(c2)CNCC32CC2)nc1Nc1ccc(F)c(C(C)(C)O)c1. The molecule has 0 bridgehead atoms. The van der Waals surface area contributed by atoms with Gasteiger partial charge < -0.3 is 26.4 Å². The van der Waals surface area contributed by atoms with Gasteiger partial charge in [-0.25, -0.2) is 9.37 Å². The Kier molecular flexibility index (Phi) is 6.13. The van der Waals surface area contributed by atoms with E-state index in [1.54, 1.807) is 0 Å². The predicted molar refractivity (Wildman–Crippen MR) is 137 cm³/mol. The Morgan fingerprint density at radius 2 is 1.92 bits per heavy atom. The number of anilines is 4. The van der Waals surface area contributed by atoms with Gasteiger partial charge in [-0.15, -0.1) is 0 Å². The maximum Gasteiger partial charge on any atom is 0.256 e. The fourth-order valence-electron chi connectivity index (χ4n) is 4.76. The molecule has 188 valence electrons. The van der Waals surface area contributed by atoms with Crippen LogP contribution in [0.2, 0.25) is 0 Å². The Hall–Kier alpha value is -3.56. The molecule has 3 aromatic rings. The zero-order valence-corrected chi connectivity index (χ0v) is 20.7. The van der Waals surface area contributed by atoms with Gasteiger partial charge in [-0.3, -0.25) is 4.79 Å². The van der Waals surface area contributed by atoms with Crippen LogP contribution in [-0.2, 0) is 17.6 Å². The molecule has 8 nitrogen and oxygen atoms in total. The lowest BCUT2D eigenvalue weighted by atomic mass is 9.88. The summed E-state index contributed by atoms with van der Waals surface area (Å²) in [5.74, 6) is -0.258. The molecule has 1 fully saturated rings. The molecular weight excluding hydrogens is 459 g/mol. The van der Waals surface area contributed by atoms with Gasteiger partial charge in [-0.2, -0.15) is 4.98 Å². The predicted octanol–water partition coefficient (Wildman–Crippen LogP) is 4.21. The Morgan fingerprint density at radius 1 is 1.17 bits per heavy atom. The standard InChI is InChI=1S/C27H31FN6O2/c1-4-30-24(35)19-14-31-25(33-17-5-7-20-16(11-17)13-29-15-27(20)9-10-27)34-23(19)32-18-6-8-22(28)21(12-18)26(2,3)36/h5-8,11-12,14,29,36H,4,9-10,13,15H2,1-3H3,(H,30,35)(H2,31,32,33,34). The summed E-state index contributed by atoms with van der Waals surface area (Å²) in [4.78, 5) is 21.6. The van der Waals surface area contributed by atoms with Crippen molar-refractivity contribution in [3.63, 3.8) is 0 Å². The summed E-state index contributed by atoms with van der Waals surface area (Å²) in [6.45, 7) is 7.16. The maximum absolute atomic E-state index is 14.3. The second-order valence-electron chi connectivity index (χ2n) is 10.1. The highest BCUT2D eigenvalue weighted by Crippen LogP contribution is 2.50. The molecule has 0 unspecified atom stereocenters. The van der Waals surface area contributed by atoms with E-state index in [1.807, 2.05) is 13.0 Å². The number of carbonyl (C=O) groups excluding carboxylic acids is 1. The summed E-state index contributed by atoms with van der Waals surface area (Å²) < 4.78 is 14.3. The van der Waals surface area contributed by atoms with E-state index >= 15 is 0 Å². The number of aromatic nitrogens is 2. The second kappa shape index (κ2) is 9.15. The number of amides is 1. The summed E-state index contributed by atoms with van der Waals surface area (Å²) in [6.07, 6.45) is 3.90. The van der Waals surface area contributed by atoms with Crippen molar-refractivity contribution in [3.8, 4) is 0 Å². The van der Waals surface area contributed by atoms with Crippen molar-refractivity contribution in [2.75, 3.05) is 23.7 Å². The molecule has 5 rings (SSSR count). The maximum atomic E-state index is 14.3. The molecule has 0 saturated heterocycles. The first-order valence-corrected chi connectivity index (χ1v) is 12.2. The monoisotopic (exact) mass is 490 g/mol. The van der Waals surface area contributed by atoms with E-state index in [0.29, 0.717) is 23.6 Å². The van der Waals surface area contributed by atoms with Gasteiger partial charge in [0.25, 0.3) is 5.91 Å². The Bertz CT molecular complexity index is 1320. The number of carbonyl (C=O) groups is 1. The number of benzene rings is 2. The van der Waals surface area contributed by atoms with E-state index in [2.05, 4.69) is 43.4 Å². The van der Waals surface area contributed by atoms with Crippen LogP contribution in [0.1, 0.15) is 60.7 Å². The van der Waals surface area contributed by atoms with Crippen molar-refractivity contribution in [2.45, 2.75) is 51.2 Å². The van der Waals surface area contributed by atoms with Crippen molar-refractivity contribution in [1.82, 2.24) is 20.6 Å². The Morgan fingerprint density at radius 3 is 2.64 bits per heavy atom. The third kappa shape index (κ3) is 4.76. The molecule has 1 spiro atoms. The molecular formula is C27H31FN6O2. The largest absolute Gasteiger partial charge is 0.386 e. The molecule has 36 heavy (non-hydrogen) atoms. The number of rotatable bonds is 7. The van der Waals surface area contributed by atoms with Crippen LogP contribution < -0.4 is 21.3 Å². The summed E-state index contributed by atoms with van der Waals surface area (Å²) in [7, 11) is 0. The van der Waals surface area contributed by atoms with Gasteiger partial charge in [-0.05, 0) is 75.1 Å². The van der Waals surface area contributed by atoms with Crippen LogP contribution in [-0.4, -0.2) is 34.1 Å². The normalized spacial score (nSPS) is 15.8. The van der Waals surface area contributed by atoms with Crippen molar-refractivity contribution in [3.05, 3.63) is 70.7 Å². The number of hydrogen-bond acceptors (Lipinski definition) is 7. The minimum absolute atomic E-state index is 0.135. The summed E-state index contributed by atoms with van der Waals surface area (Å²) in [5, 5.41) is 23.0. The number of fused-ring (bicyclic) bond motifs is 2. The lowest BCUT2D eigenvalue weighted by molar-refractivity contribution is 0.0746. The van der Waals surface area contributed by atoms with E-state index in [4.69, 9.17) is 0 Å². The van der Waals surface area contributed by atoms with E-state index in [9.17, 15) is 14.3 Å². The average Bonchev–Trinajstić information content (AvgIpc) is 3.60. The van der Waals surface area contributed by atoms with Gasteiger partial charge in [0.05, 0.1) is 5.60 Å². The first kappa shape index (κ1) is 24.1. The van der Waals surface area contributed by atoms with Crippen LogP contribution in [0.5, 0.6) is 0 Å². The van der Waals surface area contributed by atoms with Gasteiger partial charge >= 0.3 is 0 Å². The molecule has 5 N–H and O–H groups in total. The van der Waals surface area contributed by atoms with E-state index in [-0.39, 0.29) is 22.9 Å². The fraction of sp³-hybridized carbons (Fsp3) is 0.370. The summed E-state index contributed by atoms with van der Waals surface area (Å²) in [5.41, 5.74) is 3.34. The molecule has 1 aliphatic heterocycles. The fourth-order valence-corrected chi connectivity index (χ4v) is 4.76. The zero-order chi connectivity index (χ0) is 25.5. The van der Waals surface area contributed by atoms with Gasteiger partial charge in [0.2, 0.25) is 5.95 Å². The molecule has 1 saturated carbocycles. The molecule has 0 atom stereocenters. The number of halogens is 1. The van der Waals surface area contributed by atoms with Crippen LogP contribution in [0.25, 0.3) is 0 Å². The second-order valence-corrected chi connectivity index (χ2v) is 10.1. The summed E-state index contributed by atoms with van der Waals surface area (Å²) in [6, 6.07) is 10.7. The quantitative estimate of drug-likeness (QED) is 0.337. The minimum atomic E-state index is -1.37.